The summed E-state index contributed by atoms with van der Waals surface area (Å²) in [6, 6.07) is 8.49. The molecule has 0 aliphatic carbocycles. The van der Waals surface area contributed by atoms with Crippen LogP contribution in [-0.2, 0) is 5.67 Å². The fraction of sp³-hybridized carbons (Fsp3) is 0.400. The van der Waals surface area contributed by atoms with Crippen LogP contribution in [0.15, 0.2) is 30.3 Å². The van der Waals surface area contributed by atoms with E-state index in [0.717, 1.165) is 0 Å². The maximum Gasteiger partial charge on any atom is 0.173 e. The molecule has 2 atom stereocenters. The Morgan fingerprint density at radius 1 is 1.46 bits per heavy atom. The highest BCUT2D eigenvalue weighted by molar-refractivity contribution is 5.24. The van der Waals surface area contributed by atoms with Crippen LogP contribution in [0, 0.1) is 0 Å². The number of hydrogen-bond donors (Lipinski definition) is 2. The third-order valence-electron chi connectivity index (χ3n) is 2.21. The van der Waals surface area contributed by atoms with E-state index in [1.807, 2.05) is 0 Å². The van der Waals surface area contributed by atoms with Crippen LogP contribution in [0.2, 0.25) is 0 Å². The minimum atomic E-state index is -1.83. The van der Waals surface area contributed by atoms with E-state index in [4.69, 9.17) is 5.73 Å². The summed E-state index contributed by atoms with van der Waals surface area (Å²) in [6.07, 6.45) is -1.10. The molecule has 0 aromatic heterocycles. The second-order valence-corrected chi connectivity index (χ2v) is 3.11. The summed E-state index contributed by atoms with van der Waals surface area (Å²) in [4.78, 5) is 0. The van der Waals surface area contributed by atoms with Gasteiger partial charge in [-0.2, -0.15) is 0 Å². The highest BCUT2D eigenvalue weighted by Crippen LogP contribution is 2.28. The van der Waals surface area contributed by atoms with Gasteiger partial charge < -0.3 is 10.8 Å². The van der Waals surface area contributed by atoms with Crippen molar-refractivity contribution in [2.24, 2.45) is 5.73 Å². The SMILES string of the molecule is CC(O)C(F)(CN)c1ccccc1. The van der Waals surface area contributed by atoms with Crippen molar-refractivity contribution in [1.82, 2.24) is 0 Å². The molecule has 3 N–H and O–H groups in total. The molecule has 0 radical (unpaired) electrons. The summed E-state index contributed by atoms with van der Waals surface area (Å²) in [7, 11) is 0. The molecule has 2 nitrogen and oxygen atoms in total. The van der Waals surface area contributed by atoms with E-state index in [9.17, 15) is 9.50 Å². The van der Waals surface area contributed by atoms with Gasteiger partial charge in [0.05, 0.1) is 6.10 Å². The van der Waals surface area contributed by atoms with Gasteiger partial charge in [-0.25, -0.2) is 4.39 Å². The predicted octanol–water partition coefficient (Wildman–Crippen LogP) is 1.19. The van der Waals surface area contributed by atoms with Gasteiger partial charge >= 0.3 is 0 Å². The Morgan fingerprint density at radius 2 is 2.00 bits per heavy atom. The lowest BCUT2D eigenvalue weighted by Crippen LogP contribution is -2.40. The Hall–Kier alpha value is -0.930. The van der Waals surface area contributed by atoms with E-state index >= 15 is 0 Å². The van der Waals surface area contributed by atoms with Crippen molar-refractivity contribution in [2.45, 2.75) is 18.7 Å². The van der Waals surface area contributed by atoms with Gasteiger partial charge in [-0.05, 0) is 12.5 Å². The average molecular weight is 183 g/mol. The number of hydrogen-bond acceptors (Lipinski definition) is 2. The largest absolute Gasteiger partial charge is 0.390 e. The molecule has 0 saturated carbocycles. The van der Waals surface area contributed by atoms with Crippen molar-refractivity contribution in [1.29, 1.82) is 0 Å². The van der Waals surface area contributed by atoms with Gasteiger partial charge in [-0.3, -0.25) is 0 Å². The van der Waals surface area contributed by atoms with Crippen molar-refractivity contribution >= 4 is 0 Å². The van der Waals surface area contributed by atoms with Gasteiger partial charge in [-0.1, -0.05) is 30.3 Å². The Balaban J connectivity index is 3.03. The molecule has 0 fully saturated rings. The summed E-state index contributed by atoms with van der Waals surface area (Å²) >= 11 is 0. The van der Waals surface area contributed by atoms with Crippen molar-refractivity contribution in [2.75, 3.05) is 6.54 Å². The standard InChI is InChI=1S/C10H14FNO/c1-8(13)10(11,7-12)9-5-3-2-4-6-9/h2-6,8,13H,7,12H2,1H3. The van der Waals surface area contributed by atoms with Crippen LogP contribution in [0.4, 0.5) is 4.39 Å². The van der Waals surface area contributed by atoms with Gasteiger partial charge in [0.25, 0.3) is 0 Å². The number of benzene rings is 1. The fourth-order valence-electron chi connectivity index (χ4n) is 1.24. The van der Waals surface area contributed by atoms with Crippen LogP contribution in [0.1, 0.15) is 12.5 Å². The third kappa shape index (κ3) is 1.87. The lowest BCUT2D eigenvalue weighted by molar-refractivity contribution is 0.00587. The molecule has 0 aliphatic rings. The van der Waals surface area contributed by atoms with Crippen molar-refractivity contribution in [3.63, 3.8) is 0 Å². The van der Waals surface area contributed by atoms with Gasteiger partial charge in [0.2, 0.25) is 0 Å². The molecule has 3 heteroatoms. The maximum atomic E-state index is 14.0. The molecule has 1 aromatic carbocycles. The van der Waals surface area contributed by atoms with Crippen molar-refractivity contribution in [3.8, 4) is 0 Å². The van der Waals surface area contributed by atoms with Crippen LogP contribution >= 0.6 is 0 Å². The van der Waals surface area contributed by atoms with E-state index in [0.29, 0.717) is 5.56 Å². The van der Waals surface area contributed by atoms with E-state index in [2.05, 4.69) is 0 Å². The molecule has 0 amide bonds. The molecule has 2 unspecified atom stereocenters. The second-order valence-electron chi connectivity index (χ2n) is 3.11. The summed E-state index contributed by atoms with van der Waals surface area (Å²) in [5.74, 6) is 0. The highest BCUT2D eigenvalue weighted by Gasteiger charge is 2.35. The fourth-order valence-corrected chi connectivity index (χ4v) is 1.24. The average Bonchev–Trinajstić information content (AvgIpc) is 2.17. The summed E-state index contributed by atoms with van der Waals surface area (Å²) in [5.41, 5.74) is 3.90. The summed E-state index contributed by atoms with van der Waals surface area (Å²) in [5, 5.41) is 9.27. The van der Waals surface area contributed by atoms with E-state index < -0.39 is 11.8 Å². The van der Waals surface area contributed by atoms with Crippen LogP contribution < -0.4 is 5.73 Å². The summed E-state index contributed by atoms with van der Waals surface area (Å²) < 4.78 is 14.0. The topological polar surface area (TPSA) is 46.2 Å². The monoisotopic (exact) mass is 183 g/mol. The molecule has 0 bridgehead atoms. The predicted molar refractivity (Wildman–Crippen MR) is 50.0 cm³/mol. The molecule has 0 spiro atoms. The van der Waals surface area contributed by atoms with Gasteiger partial charge in [0, 0.05) is 6.54 Å². The van der Waals surface area contributed by atoms with Crippen LogP contribution in [0.25, 0.3) is 0 Å². The number of halogens is 1. The Morgan fingerprint density at radius 3 is 2.38 bits per heavy atom. The Kier molecular flexibility index (Phi) is 3.01. The smallest absolute Gasteiger partial charge is 0.173 e. The molecule has 0 aliphatic heterocycles. The van der Waals surface area contributed by atoms with Crippen molar-refractivity contribution < 1.29 is 9.50 Å². The minimum Gasteiger partial charge on any atom is -0.390 e. The number of nitrogens with two attached hydrogens (primary N) is 1. The lowest BCUT2D eigenvalue weighted by atomic mass is 9.91. The minimum absolute atomic E-state index is 0.214. The van der Waals surface area contributed by atoms with E-state index in [1.165, 1.54) is 6.92 Å². The molecule has 1 aromatic rings. The quantitative estimate of drug-likeness (QED) is 0.739. The molecule has 1 rings (SSSR count). The summed E-state index contributed by atoms with van der Waals surface area (Å²) in [6.45, 7) is 1.19. The third-order valence-corrected chi connectivity index (χ3v) is 2.21. The van der Waals surface area contributed by atoms with Crippen molar-refractivity contribution in [3.05, 3.63) is 35.9 Å². The first-order valence-electron chi connectivity index (χ1n) is 4.24. The zero-order valence-corrected chi connectivity index (χ0v) is 7.57. The van der Waals surface area contributed by atoms with Gasteiger partial charge in [0.1, 0.15) is 0 Å². The zero-order valence-electron chi connectivity index (χ0n) is 7.57. The molecule has 0 heterocycles. The van der Waals surface area contributed by atoms with E-state index in [-0.39, 0.29) is 6.54 Å². The van der Waals surface area contributed by atoms with Crippen LogP contribution in [0.5, 0.6) is 0 Å². The number of rotatable bonds is 3. The molecular formula is C10H14FNO. The molecule has 13 heavy (non-hydrogen) atoms. The lowest BCUT2D eigenvalue weighted by Gasteiger charge is -2.26. The molecular weight excluding hydrogens is 169 g/mol. The second kappa shape index (κ2) is 3.85. The van der Waals surface area contributed by atoms with Crippen LogP contribution in [-0.4, -0.2) is 17.8 Å². The Bertz CT molecular complexity index is 263. The zero-order chi connectivity index (χ0) is 9.90. The Labute approximate surface area is 77.2 Å². The van der Waals surface area contributed by atoms with Crippen LogP contribution in [0.3, 0.4) is 0 Å². The number of aliphatic hydroxyl groups is 1. The first kappa shape index (κ1) is 10.2. The normalized spacial score (nSPS) is 17.8. The first-order chi connectivity index (χ1) is 6.11. The van der Waals surface area contributed by atoms with E-state index in [1.54, 1.807) is 30.3 Å². The number of alkyl halides is 1. The molecule has 0 saturated heterocycles. The molecule has 72 valence electrons. The first-order valence-corrected chi connectivity index (χ1v) is 4.24. The van der Waals surface area contributed by atoms with Gasteiger partial charge in [-0.15, -0.1) is 0 Å². The number of aliphatic hydroxyl groups excluding tert-OH is 1. The highest BCUT2D eigenvalue weighted by atomic mass is 19.1. The van der Waals surface area contributed by atoms with Gasteiger partial charge in [0.15, 0.2) is 5.67 Å². The maximum absolute atomic E-state index is 14.0.